The number of benzene rings is 1. The van der Waals surface area contributed by atoms with Gasteiger partial charge in [-0.15, -0.1) is 0 Å². The fourth-order valence-electron chi connectivity index (χ4n) is 2.28. The zero-order valence-corrected chi connectivity index (χ0v) is 12.1. The van der Waals surface area contributed by atoms with Crippen molar-refractivity contribution in [2.24, 2.45) is 0 Å². The zero-order valence-electron chi connectivity index (χ0n) is 11.3. The molecule has 1 unspecified atom stereocenters. The third kappa shape index (κ3) is 3.08. The summed E-state index contributed by atoms with van der Waals surface area (Å²) in [5, 5.41) is 0. The molecule has 3 N–H and O–H groups in total. The largest absolute Gasteiger partial charge is 0.398 e. The molecule has 6 heteroatoms. The van der Waals surface area contributed by atoms with Crippen molar-refractivity contribution in [2.75, 3.05) is 18.9 Å². The molecule has 1 fully saturated rings. The van der Waals surface area contributed by atoms with Crippen molar-refractivity contribution in [2.45, 2.75) is 37.6 Å². The highest BCUT2D eigenvalue weighted by atomic mass is 32.2. The highest BCUT2D eigenvalue weighted by Crippen LogP contribution is 2.25. The van der Waals surface area contributed by atoms with E-state index in [1.54, 1.807) is 13.0 Å². The quantitative estimate of drug-likeness (QED) is 0.821. The summed E-state index contributed by atoms with van der Waals surface area (Å²) in [5.41, 5.74) is 7.73. The van der Waals surface area contributed by atoms with E-state index in [-0.39, 0.29) is 16.6 Å². The maximum absolute atomic E-state index is 12.4. The molecule has 1 saturated heterocycles. The van der Waals surface area contributed by atoms with Crippen LogP contribution in [-0.2, 0) is 14.8 Å². The molecule has 1 heterocycles. The third-order valence-corrected chi connectivity index (χ3v) is 5.18. The maximum Gasteiger partial charge on any atom is 0.243 e. The molecule has 1 aromatic carbocycles. The molecule has 1 atom stereocenters. The first-order valence-corrected chi connectivity index (χ1v) is 7.86. The van der Waals surface area contributed by atoms with Gasteiger partial charge in [-0.25, -0.2) is 13.1 Å². The second-order valence-electron chi connectivity index (χ2n) is 4.96. The number of aryl methyl sites for hydroxylation is 1. The zero-order chi connectivity index (χ0) is 14.0. The Morgan fingerprint density at radius 3 is 2.74 bits per heavy atom. The van der Waals surface area contributed by atoms with Crippen molar-refractivity contribution in [1.29, 1.82) is 0 Å². The van der Waals surface area contributed by atoms with Gasteiger partial charge in [-0.3, -0.25) is 0 Å². The summed E-state index contributed by atoms with van der Waals surface area (Å²) in [6.45, 7) is 4.77. The van der Waals surface area contributed by atoms with Crippen LogP contribution >= 0.6 is 0 Å². The molecule has 1 aliphatic rings. The lowest BCUT2D eigenvalue weighted by atomic mass is 10.1. The van der Waals surface area contributed by atoms with E-state index in [1.807, 2.05) is 13.0 Å². The molecule has 5 nitrogen and oxygen atoms in total. The van der Waals surface area contributed by atoms with Gasteiger partial charge in [0.2, 0.25) is 10.0 Å². The first-order chi connectivity index (χ1) is 8.92. The Balaban J connectivity index is 2.31. The molecule has 106 valence electrons. The Bertz CT molecular complexity index is 563. The first kappa shape index (κ1) is 14.3. The molecular formula is C13H20N2O3S. The predicted molar refractivity (Wildman–Crippen MR) is 74.5 cm³/mol. The lowest BCUT2D eigenvalue weighted by molar-refractivity contribution is 0.0774. The fourth-order valence-corrected chi connectivity index (χ4v) is 3.96. The van der Waals surface area contributed by atoms with E-state index in [2.05, 4.69) is 4.72 Å². The van der Waals surface area contributed by atoms with E-state index in [0.29, 0.717) is 18.8 Å². The molecule has 1 aromatic rings. The van der Waals surface area contributed by atoms with Crippen molar-refractivity contribution < 1.29 is 13.2 Å². The molecule has 2 rings (SSSR count). The van der Waals surface area contributed by atoms with E-state index in [0.717, 1.165) is 18.4 Å². The van der Waals surface area contributed by atoms with Crippen LogP contribution in [-0.4, -0.2) is 27.7 Å². The Morgan fingerprint density at radius 2 is 2.11 bits per heavy atom. The van der Waals surface area contributed by atoms with Crippen LogP contribution < -0.4 is 10.5 Å². The topological polar surface area (TPSA) is 81.4 Å². The number of anilines is 1. The average molecular weight is 284 g/mol. The molecular weight excluding hydrogens is 264 g/mol. The van der Waals surface area contributed by atoms with Gasteiger partial charge in [0.05, 0.1) is 12.3 Å². The van der Waals surface area contributed by atoms with E-state index >= 15 is 0 Å². The van der Waals surface area contributed by atoms with Gasteiger partial charge in [0, 0.05) is 12.6 Å². The number of hydrogen-bond acceptors (Lipinski definition) is 4. The number of hydrogen-bond donors (Lipinski definition) is 2. The summed E-state index contributed by atoms with van der Waals surface area (Å²) >= 11 is 0. The van der Waals surface area contributed by atoms with Crippen LogP contribution in [0.1, 0.15) is 24.0 Å². The molecule has 0 saturated carbocycles. The van der Waals surface area contributed by atoms with Gasteiger partial charge in [-0.1, -0.05) is 6.07 Å². The summed E-state index contributed by atoms with van der Waals surface area (Å²) in [7, 11) is -3.60. The van der Waals surface area contributed by atoms with E-state index in [9.17, 15) is 8.42 Å². The SMILES string of the molecule is Cc1ccc(N)c(S(=O)(=O)NC2CCCOC2)c1C. The van der Waals surface area contributed by atoms with Crippen LogP contribution in [0.15, 0.2) is 17.0 Å². The number of ether oxygens (including phenoxy) is 1. The maximum atomic E-state index is 12.4. The molecule has 0 radical (unpaired) electrons. The summed E-state index contributed by atoms with van der Waals surface area (Å²) in [4.78, 5) is 0.193. The molecule has 19 heavy (non-hydrogen) atoms. The summed E-state index contributed by atoms with van der Waals surface area (Å²) < 4.78 is 32.9. The fraction of sp³-hybridized carbons (Fsp3) is 0.538. The number of nitrogen functional groups attached to an aromatic ring is 1. The highest BCUT2D eigenvalue weighted by molar-refractivity contribution is 7.89. The van der Waals surface area contributed by atoms with Crippen molar-refractivity contribution in [1.82, 2.24) is 4.72 Å². The monoisotopic (exact) mass is 284 g/mol. The van der Waals surface area contributed by atoms with Crippen molar-refractivity contribution in [3.8, 4) is 0 Å². The summed E-state index contributed by atoms with van der Waals surface area (Å²) in [5.74, 6) is 0. The smallest absolute Gasteiger partial charge is 0.243 e. The highest BCUT2D eigenvalue weighted by Gasteiger charge is 2.25. The standard InChI is InChI=1S/C13H20N2O3S/c1-9-5-6-12(14)13(10(9)2)19(16,17)15-11-4-3-7-18-8-11/h5-6,11,15H,3-4,7-8,14H2,1-2H3. The first-order valence-electron chi connectivity index (χ1n) is 6.37. The van der Waals surface area contributed by atoms with E-state index in [1.165, 1.54) is 0 Å². The van der Waals surface area contributed by atoms with Crippen molar-refractivity contribution >= 4 is 15.7 Å². The van der Waals surface area contributed by atoms with Crippen LogP contribution in [0.4, 0.5) is 5.69 Å². The van der Waals surface area contributed by atoms with Gasteiger partial charge in [0.25, 0.3) is 0 Å². The molecule has 0 amide bonds. The Morgan fingerprint density at radius 1 is 1.37 bits per heavy atom. The third-order valence-electron chi connectivity index (χ3n) is 3.46. The number of nitrogens with two attached hydrogens (primary N) is 1. The minimum absolute atomic E-state index is 0.168. The van der Waals surface area contributed by atoms with E-state index < -0.39 is 10.0 Å². The molecule has 0 aromatic heterocycles. The second kappa shape index (κ2) is 5.48. The minimum Gasteiger partial charge on any atom is -0.398 e. The van der Waals surface area contributed by atoms with Gasteiger partial charge >= 0.3 is 0 Å². The van der Waals surface area contributed by atoms with Crippen LogP contribution in [0.3, 0.4) is 0 Å². The number of sulfonamides is 1. The van der Waals surface area contributed by atoms with Crippen molar-refractivity contribution in [3.05, 3.63) is 23.3 Å². The molecule has 0 bridgehead atoms. The van der Waals surface area contributed by atoms with Gasteiger partial charge in [0.15, 0.2) is 0 Å². The Hall–Kier alpha value is -1.11. The minimum atomic E-state index is -3.60. The Labute approximate surface area is 114 Å². The molecule has 0 spiro atoms. The van der Waals surface area contributed by atoms with Crippen molar-refractivity contribution in [3.63, 3.8) is 0 Å². The molecule has 1 aliphatic heterocycles. The average Bonchev–Trinajstić information content (AvgIpc) is 2.35. The normalized spacial score (nSPS) is 20.4. The van der Waals surface area contributed by atoms with Gasteiger partial charge in [-0.2, -0.15) is 0 Å². The van der Waals surface area contributed by atoms with Crippen LogP contribution in [0, 0.1) is 13.8 Å². The number of rotatable bonds is 3. The van der Waals surface area contributed by atoms with Crippen LogP contribution in [0.2, 0.25) is 0 Å². The lowest BCUT2D eigenvalue weighted by Gasteiger charge is -2.24. The van der Waals surface area contributed by atoms with Crippen LogP contribution in [0.25, 0.3) is 0 Å². The van der Waals surface area contributed by atoms with Gasteiger partial charge in [0.1, 0.15) is 4.90 Å². The molecule has 0 aliphatic carbocycles. The second-order valence-corrected chi connectivity index (χ2v) is 6.61. The lowest BCUT2D eigenvalue weighted by Crippen LogP contribution is -2.41. The van der Waals surface area contributed by atoms with Gasteiger partial charge in [-0.05, 0) is 43.9 Å². The van der Waals surface area contributed by atoms with Crippen LogP contribution in [0.5, 0.6) is 0 Å². The van der Waals surface area contributed by atoms with E-state index in [4.69, 9.17) is 10.5 Å². The Kier molecular flexibility index (Phi) is 4.13. The predicted octanol–water partition coefficient (Wildman–Crippen LogP) is 1.34. The summed E-state index contributed by atoms with van der Waals surface area (Å²) in [6, 6.07) is 3.29. The number of nitrogens with one attached hydrogen (secondary N) is 1. The van der Waals surface area contributed by atoms with Gasteiger partial charge < -0.3 is 10.5 Å². The summed E-state index contributed by atoms with van der Waals surface area (Å²) in [6.07, 6.45) is 1.67.